The summed E-state index contributed by atoms with van der Waals surface area (Å²) in [6.45, 7) is 1.17. The molecule has 8 heteroatoms. The van der Waals surface area contributed by atoms with Crippen molar-refractivity contribution in [1.82, 2.24) is 19.4 Å². The Morgan fingerprint density at radius 2 is 1.82 bits per heavy atom. The Kier molecular flexibility index (Phi) is 7.45. The van der Waals surface area contributed by atoms with E-state index in [-0.39, 0.29) is 29.6 Å². The molecule has 2 aliphatic carbocycles. The van der Waals surface area contributed by atoms with Crippen LogP contribution in [0.15, 0.2) is 17.2 Å². The molecule has 1 aromatic rings. The third kappa shape index (κ3) is 5.07. The van der Waals surface area contributed by atoms with Crippen LogP contribution in [0.4, 0.5) is 0 Å². The number of carbonyl (C=O) groups is 2. The predicted molar refractivity (Wildman–Crippen MR) is 129 cm³/mol. The summed E-state index contributed by atoms with van der Waals surface area (Å²) in [6.07, 6.45) is 14.7. The first-order chi connectivity index (χ1) is 16.2. The van der Waals surface area contributed by atoms with E-state index in [0.29, 0.717) is 31.8 Å². The number of hydrogen-bond acceptors (Lipinski definition) is 5. The third-order valence-electron chi connectivity index (χ3n) is 8.61. The van der Waals surface area contributed by atoms with E-state index in [1.54, 1.807) is 14.1 Å². The highest BCUT2D eigenvalue weighted by Gasteiger charge is 2.55. The van der Waals surface area contributed by atoms with Crippen LogP contribution in [-0.2, 0) is 11.3 Å². The molecule has 0 aromatic carbocycles. The van der Waals surface area contributed by atoms with Gasteiger partial charge in [-0.15, -0.1) is 0 Å². The molecule has 2 amide bonds. The van der Waals surface area contributed by atoms with Crippen molar-refractivity contribution in [2.45, 2.75) is 89.2 Å². The minimum absolute atomic E-state index is 0.117. The molecule has 1 N–H and O–H groups in total. The molecule has 2 heterocycles. The first kappa shape index (κ1) is 24.9. The lowest BCUT2D eigenvalue weighted by molar-refractivity contribution is -0.160. The minimum Gasteiger partial charge on any atom is -0.387 e. The predicted octanol–water partition coefficient (Wildman–Crippen LogP) is 2.83. The average molecular weight is 473 g/mol. The van der Waals surface area contributed by atoms with Gasteiger partial charge in [0, 0.05) is 45.2 Å². The Hall–Kier alpha value is -2.22. The van der Waals surface area contributed by atoms with Gasteiger partial charge in [0.15, 0.2) is 0 Å². The summed E-state index contributed by atoms with van der Waals surface area (Å²) < 4.78 is 1.43. The highest BCUT2D eigenvalue weighted by Crippen LogP contribution is 2.51. The summed E-state index contributed by atoms with van der Waals surface area (Å²) in [5.41, 5.74) is -1.67. The smallest absolute Gasteiger partial charge is 0.273 e. The highest BCUT2D eigenvalue weighted by molar-refractivity contribution is 5.91. The Labute approximate surface area is 202 Å². The van der Waals surface area contributed by atoms with Gasteiger partial charge in [-0.05, 0) is 31.6 Å². The summed E-state index contributed by atoms with van der Waals surface area (Å²) in [6, 6.07) is 0. The molecule has 1 aromatic heterocycles. The Bertz CT molecular complexity index is 946. The van der Waals surface area contributed by atoms with Crippen LogP contribution in [0, 0.1) is 11.3 Å². The normalized spacial score (nSPS) is 25.0. The van der Waals surface area contributed by atoms with Crippen molar-refractivity contribution in [3.63, 3.8) is 0 Å². The van der Waals surface area contributed by atoms with Gasteiger partial charge in [0.05, 0.1) is 18.3 Å². The summed E-state index contributed by atoms with van der Waals surface area (Å²) in [5, 5.41) is 12.0. The Morgan fingerprint density at radius 1 is 1.12 bits per heavy atom. The van der Waals surface area contributed by atoms with E-state index in [4.69, 9.17) is 0 Å². The lowest BCUT2D eigenvalue weighted by Crippen LogP contribution is -2.62. The molecule has 8 nitrogen and oxygen atoms in total. The fourth-order valence-corrected chi connectivity index (χ4v) is 6.46. The van der Waals surface area contributed by atoms with Gasteiger partial charge in [0.25, 0.3) is 11.5 Å². The Morgan fingerprint density at radius 3 is 2.50 bits per heavy atom. The van der Waals surface area contributed by atoms with E-state index in [1.165, 1.54) is 47.8 Å². The second-order valence-electron chi connectivity index (χ2n) is 11.1. The summed E-state index contributed by atoms with van der Waals surface area (Å²) >= 11 is 0. The van der Waals surface area contributed by atoms with Gasteiger partial charge >= 0.3 is 0 Å². The average Bonchev–Trinajstić information content (AvgIpc) is 3.31. The maximum absolute atomic E-state index is 13.1. The molecule has 3 aliphatic rings. The number of likely N-dealkylation sites (tertiary alicyclic amines) is 1. The van der Waals surface area contributed by atoms with Gasteiger partial charge in [-0.3, -0.25) is 14.4 Å². The van der Waals surface area contributed by atoms with Crippen molar-refractivity contribution in [2.75, 3.05) is 27.2 Å². The number of amides is 2. The summed E-state index contributed by atoms with van der Waals surface area (Å²) in [4.78, 5) is 45.5. The quantitative estimate of drug-likeness (QED) is 0.687. The largest absolute Gasteiger partial charge is 0.387 e. The summed E-state index contributed by atoms with van der Waals surface area (Å²) in [5.74, 6) is 0.603. The molecular weight excluding hydrogens is 432 g/mol. The van der Waals surface area contributed by atoms with Gasteiger partial charge < -0.3 is 19.5 Å². The minimum atomic E-state index is -1.10. The molecule has 4 rings (SSSR count). The van der Waals surface area contributed by atoms with Gasteiger partial charge in [-0.2, -0.15) is 0 Å². The van der Waals surface area contributed by atoms with E-state index in [1.807, 2.05) is 4.90 Å². The molecular formula is C26H40N4O4. The molecule has 2 saturated carbocycles. The molecule has 1 saturated heterocycles. The van der Waals surface area contributed by atoms with Gasteiger partial charge in [-0.1, -0.05) is 44.9 Å². The maximum atomic E-state index is 13.1. The molecule has 188 valence electrons. The van der Waals surface area contributed by atoms with E-state index in [9.17, 15) is 19.5 Å². The van der Waals surface area contributed by atoms with Crippen LogP contribution in [0.2, 0.25) is 0 Å². The number of aromatic nitrogens is 2. The van der Waals surface area contributed by atoms with Crippen LogP contribution in [0.25, 0.3) is 0 Å². The fourth-order valence-electron chi connectivity index (χ4n) is 6.46. The number of piperidine rings is 1. The molecule has 1 unspecified atom stereocenters. The Balaban J connectivity index is 1.48. The monoisotopic (exact) mass is 472 g/mol. The van der Waals surface area contributed by atoms with Crippen molar-refractivity contribution in [3.05, 3.63) is 28.4 Å². The van der Waals surface area contributed by atoms with Crippen LogP contribution < -0.4 is 5.56 Å². The van der Waals surface area contributed by atoms with Crippen molar-refractivity contribution < 1.29 is 14.7 Å². The zero-order chi connectivity index (χ0) is 24.3. The number of rotatable bonds is 6. The van der Waals surface area contributed by atoms with E-state index >= 15 is 0 Å². The highest BCUT2D eigenvalue weighted by atomic mass is 16.3. The standard InChI is InChI=1S/C26H40N4O4/c1-28(2)24(33)21-17-30(23(32)16-27-21)19-26(34)14-15-29(18-25(26)12-6-7-13-25)22(31)11-10-20-8-4-3-5-9-20/h16-17,20,34H,3-15,18-19H2,1-2H3. The summed E-state index contributed by atoms with van der Waals surface area (Å²) in [7, 11) is 3.28. The van der Waals surface area contributed by atoms with Crippen molar-refractivity contribution in [1.29, 1.82) is 0 Å². The van der Waals surface area contributed by atoms with Crippen LogP contribution in [-0.4, -0.2) is 69.1 Å². The van der Waals surface area contributed by atoms with Crippen molar-refractivity contribution in [3.8, 4) is 0 Å². The van der Waals surface area contributed by atoms with Crippen LogP contribution in [0.5, 0.6) is 0 Å². The second kappa shape index (κ2) is 10.2. The fraction of sp³-hybridized carbons (Fsp3) is 0.769. The first-order valence-corrected chi connectivity index (χ1v) is 13.0. The number of aliphatic hydroxyl groups is 1. The van der Waals surface area contributed by atoms with Crippen LogP contribution in [0.1, 0.15) is 87.5 Å². The SMILES string of the molecule is CN(C)C(=O)c1cn(CC2(O)CCN(C(=O)CCC3CCCCC3)CC23CCCC3)c(=O)cn1. The molecule has 34 heavy (non-hydrogen) atoms. The third-order valence-corrected chi connectivity index (χ3v) is 8.61. The maximum Gasteiger partial charge on any atom is 0.273 e. The first-order valence-electron chi connectivity index (χ1n) is 13.0. The van der Waals surface area contributed by atoms with E-state index in [0.717, 1.165) is 38.3 Å². The van der Waals surface area contributed by atoms with Crippen LogP contribution >= 0.6 is 0 Å². The number of carbonyl (C=O) groups excluding carboxylic acids is 2. The molecule has 3 fully saturated rings. The van der Waals surface area contributed by atoms with E-state index < -0.39 is 11.0 Å². The van der Waals surface area contributed by atoms with Crippen molar-refractivity contribution in [2.24, 2.45) is 11.3 Å². The lowest BCUT2D eigenvalue weighted by atomic mass is 9.65. The van der Waals surface area contributed by atoms with E-state index in [2.05, 4.69) is 4.98 Å². The molecule has 1 atom stereocenters. The zero-order valence-electron chi connectivity index (χ0n) is 20.8. The van der Waals surface area contributed by atoms with Crippen LogP contribution in [0.3, 0.4) is 0 Å². The second-order valence-corrected chi connectivity index (χ2v) is 11.1. The zero-order valence-corrected chi connectivity index (χ0v) is 20.8. The molecule has 0 bridgehead atoms. The van der Waals surface area contributed by atoms with Crippen molar-refractivity contribution >= 4 is 11.8 Å². The molecule has 1 spiro atoms. The molecule has 0 radical (unpaired) electrons. The number of hydrogen-bond donors (Lipinski definition) is 1. The number of nitrogens with zero attached hydrogens (tertiary/aromatic N) is 4. The van der Waals surface area contributed by atoms with Gasteiger partial charge in [0.1, 0.15) is 5.69 Å². The molecule has 1 aliphatic heterocycles. The lowest BCUT2D eigenvalue weighted by Gasteiger charge is -2.52. The van der Waals surface area contributed by atoms with Gasteiger partial charge in [0.2, 0.25) is 5.91 Å². The topological polar surface area (TPSA) is 95.7 Å². The van der Waals surface area contributed by atoms with Gasteiger partial charge in [-0.25, -0.2) is 4.98 Å².